The fourth-order valence-corrected chi connectivity index (χ4v) is 1.23. The molecule has 1 N–H and O–H groups in total. The number of rotatable bonds is 6. The molecule has 1 heterocycles. The first kappa shape index (κ1) is 11.4. The molecular formula is C12H15NO2. The number of nitrogens with zero attached hydrogens (tertiary/aromatic N) is 1. The Morgan fingerprint density at radius 3 is 3.00 bits per heavy atom. The number of carboxylic acids is 1. The molecular weight excluding hydrogens is 190 g/mol. The smallest absolute Gasteiger partial charge is 0.303 e. The van der Waals surface area contributed by atoms with E-state index in [2.05, 4.69) is 11.1 Å². The zero-order valence-corrected chi connectivity index (χ0v) is 8.60. The quantitative estimate of drug-likeness (QED) is 0.726. The molecule has 3 nitrogen and oxygen atoms in total. The number of hydrogen-bond acceptors (Lipinski definition) is 2. The Hall–Kier alpha value is -1.64. The van der Waals surface area contributed by atoms with Crippen molar-refractivity contribution in [2.24, 2.45) is 0 Å². The van der Waals surface area contributed by atoms with E-state index in [1.165, 1.54) is 0 Å². The van der Waals surface area contributed by atoms with Gasteiger partial charge in [-0.25, -0.2) is 0 Å². The lowest BCUT2D eigenvalue weighted by Gasteiger charge is -1.93. The molecule has 0 aliphatic rings. The van der Waals surface area contributed by atoms with E-state index in [1.54, 1.807) is 12.4 Å². The van der Waals surface area contributed by atoms with Crippen LogP contribution >= 0.6 is 0 Å². The van der Waals surface area contributed by atoms with Crippen molar-refractivity contribution in [1.82, 2.24) is 4.98 Å². The Labute approximate surface area is 89.5 Å². The van der Waals surface area contributed by atoms with Crippen LogP contribution in [-0.4, -0.2) is 16.1 Å². The first-order chi connectivity index (χ1) is 7.29. The minimum absolute atomic E-state index is 0.265. The Kier molecular flexibility index (Phi) is 5.15. The molecule has 0 amide bonds. The van der Waals surface area contributed by atoms with Gasteiger partial charge in [0.25, 0.3) is 0 Å². The molecule has 0 aromatic carbocycles. The molecule has 0 saturated heterocycles. The maximum absolute atomic E-state index is 10.2. The molecule has 80 valence electrons. The molecule has 0 spiro atoms. The van der Waals surface area contributed by atoms with E-state index in [1.807, 2.05) is 18.2 Å². The van der Waals surface area contributed by atoms with Crippen molar-refractivity contribution in [1.29, 1.82) is 0 Å². The molecule has 0 fully saturated rings. The zero-order valence-electron chi connectivity index (χ0n) is 8.60. The Bertz CT molecular complexity index is 320. The van der Waals surface area contributed by atoms with Crippen LogP contribution in [0.1, 0.15) is 31.2 Å². The molecule has 0 saturated carbocycles. The summed E-state index contributed by atoms with van der Waals surface area (Å²) in [5.74, 6) is -0.716. The maximum atomic E-state index is 10.2. The minimum atomic E-state index is -0.716. The van der Waals surface area contributed by atoms with Gasteiger partial charge < -0.3 is 5.11 Å². The second-order valence-corrected chi connectivity index (χ2v) is 3.33. The van der Waals surface area contributed by atoms with Crippen LogP contribution in [0.4, 0.5) is 0 Å². The molecule has 1 aromatic heterocycles. The van der Waals surface area contributed by atoms with Crippen LogP contribution < -0.4 is 0 Å². The third-order valence-corrected chi connectivity index (χ3v) is 2.01. The number of hydrogen-bond donors (Lipinski definition) is 1. The number of pyridine rings is 1. The third-order valence-electron chi connectivity index (χ3n) is 2.01. The number of carboxylic acid groups (broad SMARTS) is 1. The van der Waals surface area contributed by atoms with Gasteiger partial charge in [0.05, 0.1) is 0 Å². The van der Waals surface area contributed by atoms with Crippen molar-refractivity contribution in [2.75, 3.05) is 0 Å². The second-order valence-electron chi connectivity index (χ2n) is 3.33. The lowest BCUT2D eigenvalue weighted by atomic mass is 10.1. The molecule has 0 unspecified atom stereocenters. The monoisotopic (exact) mass is 205 g/mol. The molecule has 1 rings (SSSR count). The zero-order chi connectivity index (χ0) is 10.9. The number of aliphatic carboxylic acids is 1. The van der Waals surface area contributed by atoms with Crippen molar-refractivity contribution < 1.29 is 9.90 Å². The summed E-state index contributed by atoms with van der Waals surface area (Å²) >= 11 is 0. The van der Waals surface area contributed by atoms with Gasteiger partial charge in [-0.3, -0.25) is 9.78 Å². The standard InChI is InChI=1S/C12H15NO2/c14-12(15)8-4-2-1-3-6-11-7-5-9-13-10-11/h3,5-7,9-10H,1-2,4,8H2,(H,14,15). The van der Waals surface area contributed by atoms with Gasteiger partial charge >= 0.3 is 5.97 Å². The third kappa shape index (κ3) is 5.62. The van der Waals surface area contributed by atoms with Crippen molar-refractivity contribution in [3.63, 3.8) is 0 Å². The van der Waals surface area contributed by atoms with Gasteiger partial charge in [0.1, 0.15) is 0 Å². The molecule has 0 aliphatic carbocycles. The van der Waals surface area contributed by atoms with Gasteiger partial charge in [-0.15, -0.1) is 0 Å². The van der Waals surface area contributed by atoms with Crippen molar-refractivity contribution >= 4 is 12.0 Å². The van der Waals surface area contributed by atoms with Gasteiger partial charge in [0.15, 0.2) is 0 Å². The highest BCUT2D eigenvalue weighted by molar-refractivity contribution is 5.66. The van der Waals surface area contributed by atoms with E-state index < -0.39 is 5.97 Å². The Morgan fingerprint density at radius 1 is 1.47 bits per heavy atom. The summed E-state index contributed by atoms with van der Waals surface area (Å²) in [5, 5.41) is 8.42. The largest absolute Gasteiger partial charge is 0.481 e. The van der Waals surface area contributed by atoms with Crippen LogP contribution in [0.2, 0.25) is 0 Å². The average Bonchev–Trinajstić information content (AvgIpc) is 2.24. The number of unbranched alkanes of at least 4 members (excludes halogenated alkanes) is 2. The normalized spacial score (nSPS) is 10.7. The van der Waals surface area contributed by atoms with Crippen molar-refractivity contribution in [3.8, 4) is 0 Å². The summed E-state index contributed by atoms with van der Waals surface area (Å²) < 4.78 is 0. The Morgan fingerprint density at radius 2 is 2.33 bits per heavy atom. The Balaban J connectivity index is 2.15. The van der Waals surface area contributed by atoms with Crippen molar-refractivity contribution in [3.05, 3.63) is 36.2 Å². The highest BCUT2D eigenvalue weighted by atomic mass is 16.4. The van der Waals surface area contributed by atoms with Crippen LogP contribution in [0.15, 0.2) is 30.6 Å². The van der Waals surface area contributed by atoms with Gasteiger partial charge in [-0.2, -0.15) is 0 Å². The average molecular weight is 205 g/mol. The highest BCUT2D eigenvalue weighted by Gasteiger charge is 1.94. The van der Waals surface area contributed by atoms with E-state index in [0.717, 1.165) is 24.8 Å². The molecule has 0 radical (unpaired) electrons. The topological polar surface area (TPSA) is 50.2 Å². The molecule has 0 atom stereocenters. The first-order valence-corrected chi connectivity index (χ1v) is 5.07. The first-order valence-electron chi connectivity index (χ1n) is 5.07. The van der Waals surface area contributed by atoms with E-state index in [4.69, 9.17) is 5.11 Å². The van der Waals surface area contributed by atoms with Crippen molar-refractivity contribution in [2.45, 2.75) is 25.7 Å². The predicted molar refractivity (Wildman–Crippen MR) is 59.4 cm³/mol. The van der Waals surface area contributed by atoms with Gasteiger partial charge in [0.2, 0.25) is 0 Å². The lowest BCUT2D eigenvalue weighted by molar-refractivity contribution is -0.137. The lowest BCUT2D eigenvalue weighted by Crippen LogP contribution is -1.92. The summed E-state index contributed by atoms with van der Waals surface area (Å²) in [6.07, 6.45) is 10.4. The minimum Gasteiger partial charge on any atom is -0.481 e. The van der Waals surface area contributed by atoms with E-state index in [0.29, 0.717) is 0 Å². The van der Waals surface area contributed by atoms with E-state index >= 15 is 0 Å². The molecule has 1 aromatic rings. The predicted octanol–water partition coefficient (Wildman–Crippen LogP) is 2.74. The summed E-state index contributed by atoms with van der Waals surface area (Å²) in [6.45, 7) is 0. The maximum Gasteiger partial charge on any atom is 0.303 e. The van der Waals surface area contributed by atoms with E-state index in [9.17, 15) is 4.79 Å². The molecule has 3 heteroatoms. The van der Waals surface area contributed by atoms with Crippen LogP contribution in [0.3, 0.4) is 0 Å². The summed E-state index contributed by atoms with van der Waals surface area (Å²) in [6, 6.07) is 3.88. The second kappa shape index (κ2) is 6.76. The molecule has 0 bridgehead atoms. The van der Waals surface area contributed by atoms with Crippen LogP contribution in [-0.2, 0) is 4.79 Å². The van der Waals surface area contributed by atoms with Crippen LogP contribution in [0.25, 0.3) is 6.08 Å². The molecule has 15 heavy (non-hydrogen) atoms. The molecule has 0 aliphatic heterocycles. The van der Waals surface area contributed by atoms with Gasteiger partial charge in [-0.05, 0) is 30.9 Å². The van der Waals surface area contributed by atoms with Gasteiger partial charge in [-0.1, -0.05) is 18.2 Å². The van der Waals surface area contributed by atoms with Gasteiger partial charge in [0, 0.05) is 18.8 Å². The van der Waals surface area contributed by atoms with Crippen LogP contribution in [0, 0.1) is 0 Å². The number of aromatic nitrogens is 1. The number of allylic oxidation sites excluding steroid dienone is 1. The van der Waals surface area contributed by atoms with Crippen LogP contribution in [0.5, 0.6) is 0 Å². The fourth-order valence-electron chi connectivity index (χ4n) is 1.23. The summed E-state index contributed by atoms with van der Waals surface area (Å²) in [5.41, 5.74) is 1.08. The van der Waals surface area contributed by atoms with E-state index in [-0.39, 0.29) is 6.42 Å². The fraction of sp³-hybridized carbons (Fsp3) is 0.333. The summed E-state index contributed by atoms with van der Waals surface area (Å²) in [7, 11) is 0. The SMILES string of the molecule is O=C(O)CCCCC=Cc1cccnc1. The highest BCUT2D eigenvalue weighted by Crippen LogP contribution is 2.04. The summed E-state index contributed by atoms with van der Waals surface area (Å²) in [4.78, 5) is 14.2. The number of carbonyl (C=O) groups is 1.